The van der Waals surface area contributed by atoms with Gasteiger partial charge in [0.25, 0.3) is 10.0 Å². The minimum Gasteiger partial charge on any atom is -0.373 e. The molecule has 0 aromatic heterocycles. The zero-order valence-corrected chi connectivity index (χ0v) is 14.4. The Labute approximate surface area is 138 Å². The molecule has 0 saturated heterocycles. The molecule has 4 nitrogen and oxygen atoms in total. The number of anilines is 2. The quantitative estimate of drug-likeness (QED) is 0.867. The highest BCUT2D eigenvalue weighted by Crippen LogP contribution is 2.34. The first-order valence-electron chi connectivity index (χ1n) is 7.96. The molecule has 1 heterocycles. The van der Waals surface area contributed by atoms with Crippen LogP contribution in [0.5, 0.6) is 0 Å². The average molecular weight is 330 g/mol. The zero-order valence-electron chi connectivity index (χ0n) is 13.6. The minimum atomic E-state index is -3.54. The molecule has 0 radical (unpaired) electrons. The molecule has 0 unspecified atom stereocenters. The molecule has 0 spiro atoms. The van der Waals surface area contributed by atoms with Crippen molar-refractivity contribution in [1.82, 2.24) is 0 Å². The Morgan fingerprint density at radius 1 is 0.957 bits per heavy atom. The summed E-state index contributed by atoms with van der Waals surface area (Å²) in [6, 6.07) is 14.9. The van der Waals surface area contributed by atoms with Crippen LogP contribution >= 0.6 is 0 Å². The third-order valence-corrected chi connectivity index (χ3v) is 6.16. The summed E-state index contributed by atoms with van der Waals surface area (Å²) in [5.74, 6) is 0. The smallest absolute Gasteiger partial charge is 0.264 e. The van der Waals surface area contributed by atoms with E-state index in [1.165, 1.54) is 0 Å². The van der Waals surface area contributed by atoms with Gasteiger partial charge in [-0.25, -0.2) is 8.42 Å². The summed E-state index contributed by atoms with van der Waals surface area (Å²) in [6.45, 7) is 3.40. The molecule has 0 N–H and O–H groups in total. The summed E-state index contributed by atoms with van der Waals surface area (Å²) >= 11 is 0. The van der Waals surface area contributed by atoms with Gasteiger partial charge in [-0.15, -0.1) is 0 Å². The number of rotatable bonds is 3. The van der Waals surface area contributed by atoms with E-state index in [0.717, 1.165) is 36.3 Å². The van der Waals surface area contributed by atoms with Crippen molar-refractivity contribution in [3.8, 4) is 0 Å². The molecule has 0 saturated carbocycles. The first kappa shape index (κ1) is 15.9. The second-order valence-corrected chi connectivity index (χ2v) is 7.70. The standard InChI is InChI=1S/C18H22N2O2S/c1-3-15-9-11-16(12-10-15)23(21,22)20-14-6-13-19(2)17-7-4-5-8-18(17)20/h4-5,7-12H,3,6,13-14H2,1-2H3. The van der Waals surface area contributed by atoms with Gasteiger partial charge >= 0.3 is 0 Å². The molecule has 2 aromatic carbocycles. The van der Waals surface area contributed by atoms with Crippen molar-refractivity contribution in [2.75, 3.05) is 29.3 Å². The van der Waals surface area contributed by atoms with Gasteiger partial charge in [-0.3, -0.25) is 4.31 Å². The largest absolute Gasteiger partial charge is 0.373 e. The van der Waals surface area contributed by atoms with Gasteiger partial charge in [0.15, 0.2) is 0 Å². The SMILES string of the molecule is CCc1ccc(S(=O)(=O)N2CCCN(C)c3ccccc32)cc1. The van der Waals surface area contributed by atoms with Crippen molar-refractivity contribution in [2.24, 2.45) is 0 Å². The lowest BCUT2D eigenvalue weighted by molar-refractivity contribution is 0.590. The highest BCUT2D eigenvalue weighted by Gasteiger charge is 2.29. The second kappa shape index (κ2) is 6.24. The molecule has 1 aliphatic rings. The van der Waals surface area contributed by atoms with E-state index in [0.29, 0.717) is 11.4 Å². The molecule has 2 aromatic rings. The lowest BCUT2D eigenvalue weighted by atomic mass is 10.2. The van der Waals surface area contributed by atoms with Crippen LogP contribution in [0.1, 0.15) is 18.9 Å². The van der Waals surface area contributed by atoms with Crippen molar-refractivity contribution < 1.29 is 8.42 Å². The van der Waals surface area contributed by atoms with Crippen molar-refractivity contribution in [1.29, 1.82) is 0 Å². The summed E-state index contributed by atoms with van der Waals surface area (Å²) in [7, 11) is -1.54. The summed E-state index contributed by atoms with van der Waals surface area (Å²) < 4.78 is 27.8. The molecule has 23 heavy (non-hydrogen) atoms. The van der Waals surface area contributed by atoms with E-state index < -0.39 is 10.0 Å². The average Bonchev–Trinajstić information content (AvgIpc) is 2.75. The number of sulfonamides is 1. The van der Waals surface area contributed by atoms with Crippen LogP contribution in [-0.4, -0.2) is 28.6 Å². The summed E-state index contributed by atoms with van der Waals surface area (Å²) in [6.07, 6.45) is 1.70. The minimum absolute atomic E-state index is 0.356. The van der Waals surface area contributed by atoms with E-state index in [-0.39, 0.29) is 0 Å². The molecule has 3 rings (SSSR count). The van der Waals surface area contributed by atoms with Gasteiger partial charge in [0.05, 0.1) is 16.3 Å². The van der Waals surface area contributed by atoms with Crippen LogP contribution < -0.4 is 9.21 Å². The number of hydrogen-bond acceptors (Lipinski definition) is 3. The number of para-hydroxylation sites is 2. The molecule has 0 atom stereocenters. The van der Waals surface area contributed by atoms with Gasteiger partial charge < -0.3 is 4.90 Å². The summed E-state index contributed by atoms with van der Waals surface area (Å²) in [4.78, 5) is 2.47. The van der Waals surface area contributed by atoms with Gasteiger partial charge in [-0.05, 0) is 42.7 Å². The monoisotopic (exact) mass is 330 g/mol. The Morgan fingerprint density at radius 3 is 2.26 bits per heavy atom. The Bertz CT molecular complexity index is 785. The predicted octanol–water partition coefficient (Wildman–Crippen LogP) is 3.28. The number of benzene rings is 2. The van der Waals surface area contributed by atoms with Crippen LogP contribution in [0.25, 0.3) is 0 Å². The van der Waals surface area contributed by atoms with Crippen molar-refractivity contribution in [2.45, 2.75) is 24.7 Å². The molecule has 0 fully saturated rings. The highest BCUT2D eigenvalue weighted by molar-refractivity contribution is 7.92. The lowest BCUT2D eigenvalue weighted by Crippen LogP contribution is -2.31. The molecule has 122 valence electrons. The van der Waals surface area contributed by atoms with Gasteiger partial charge in [0.2, 0.25) is 0 Å². The van der Waals surface area contributed by atoms with Crippen molar-refractivity contribution >= 4 is 21.4 Å². The fraction of sp³-hybridized carbons (Fsp3) is 0.333. The second-order valence-electron chi connectivity index (χ2n) is 5.84. The first-order valence-corrected chi connectivity index (χ1v) is 9.40. The molecule has 0 aliphatic carbocycles. The third-order valence-electron chi connectivity index (χ3n) is 4.34. The maximum absolute atomic E-state index is 13.1. The predicted molar refractivity (Wildman–Crippen MR) is 94.7 cm³/mol. The van der Waals surface area contributed by atoms with Crippen molar-refractivity contribution in [3.63, 3.8) is 0 Å². The van der Waals surface area contributed by atoms with Crippen LogP contribution in [0.3, 0.4) is 0 Å². The van der Waals surface area contributed by atoms with Crippen LogP contribution in [-0.2, 0) is 16.4 Å². The first-order chi connectivity index (χ1) is 11.0. The van der Waals surface area contributed by atoms with E-state index in [4.69, 9.17) is 0 Å². The van der Waals surface area contributed by atoms with Gasteiger partial charge in [-0.1, -0.05) is 31.2 Å². The topological polar surface area (TPSA) is 40.6 Å². The van der Waals surface area contributed by atoms with Crippen molar-refractivity contribution in [3.05, 3.63) is 54.1 Å². The third kappa shape index (κ3) is 2.93. The number of fused-ring (bicyclic) bond motifs is 1. The van der Waals surface area contributed by atoms with E-state index in [2.05, 4.69) is 11.8 Å². The van der Waals surface area contributed by atoms with E-state index >= 15 is 0 Å². The molecule has 1 aliphatic heterocycles. The van der Waals surface area contributed by atoms with Crippen LogP contribution in [0.15, 0.2) is 53.4 Å². The maximum Gasteiger partial charge on any atom is 0.264 e. The Balaban J connectivity index is 2.06. The number of hydrogen-bond donors (Lipinski definition) is 0. The molecule has 5 heteroatoms. The Morgan fingerprint density at radius 2 is 1.61 bits per heavy atom. The fourth-order valence-electron chi connectivity index (χ4n) is 2.96. The molecule has 0 amide bonds. The van der Waals surface area contributed by atoms with Gasteiger partial charge in [0.1, 0.15) is 0 Å². The van der Waals surface area contributed by atoms with E-state index in [1.807, 2.05) is 43.4 Å². The highest BCUT2D eigenvalue weighted by atomic mass is 32.2. The lowest BCUT2D eigenvalue weighted by Gasteiger charge is -2.25. The number of aryl methyl sites for hydroxylation is 1. The maximum atomic E-state index is 13.1. The molecule has 0 bridgehead atoms. The Hall–Kier alpha value is -2.01. The summed E-state index contributed by atoms with van der Waals surface area (Å²) in [5, 5.41) is 0. The van der Waals surface area contributed by atoms with E-state index in [9.17, 15) is 8.42 Å². The summed E-state index contributed by atoms with van der Waals surface area (Å²) in [5.41, 5.74) is 2.85. The van der Waals surface area contributed by atoms with E-state index in [1.54, 1.807) is 16.4 Å². The normalized spacial score (nSPS) is 15.2. The zero-order chi connectivity index (χ0) is 16.4. The number of nitrogens with zero attached hydrogens (tertiary/aromatic N) is 2. The van der Waals surface area contributed by atoms with Gasteiger partial charge in [-0.2, -0.15) is 0 Å². The van der Waals surface area contributed by atoms with Gasteiger partial charge in [0, 0.05) is 20.1 Å². The fourth-order valence-corrected chi connectivity index (χ4v) is 4.48. The molecular weight excluding hydrogens is 308 g/mol. The van der Waals surface area contributed by atoms with Crippen LogP contribution in [0.2, 0.25) is 0 Å². The van der Waals surface area contributed by atoms with Crippen LogP contribution in [0, 0.1) is 0 Å². The Kier molecular flexibility index (Phi) is 4.31. The van der Waals surface area contributed by atoms with Crippen LogP contribution in [0.4, 0.5) is 11.4 Å². The molecular formula is C18H22N2O2S.